The molecule has 0 spiro atoms. The van der Waals surface area contributed by atoms with Gasteiger partial charge in [0.25, 0.3) is 0 Å². The molecule has 20 heavy (non-hydrogen) atoms. The molecule has 0 unspecified atom stereocenters. The lowest BCUT2D eigenvalue weighted by Crippen LogP contribution is -2.09. The van der Waals surface area contributed by atoms with E-state index in [9.17, 15) is 10.1 Å². The minimum atomic E-state index is -0.392. The molecule has 2 heterocycles. The summed E-state index contributed by atoms with van der Waals surface area (Å²) in [4.78, 5) is 10.8. The van der Waals surface area contributed by atoms with E-state index in [1.165, 1.54) is 4.68 Å². The Kier molecular flexibility index (Phi) is 3.97. The van der Waals surface area contributed by atoms with E-state index in [1.54, 1.807) is 17.9 Å². The first-order valence-electron chi connectivity index (χ1n) is 6.31. The van der Waals surface area contributed by atoms with Crippen LogP contribution in [0.3, 0.4) is 0 Å². The highest BCUT2D eigenvalue weighted by Gasteiger charge is 2.26. The van der Waals surface area contributed by atoms with Gasteiger partial charge in [-0.2, -0.15) is 5.10 Å². The van der Waals surface area contributed by atoms with Crippen LogP contribution in [0.15, 0.2) is 6.33 Å². The lowest BCUT2D eigenvalue weighted by molar-refractivity contribution is -0.384. The SMILES string of the molecule is CCCc1nn(C)c(NCc2nncn2C)c1[N+](=O)[O-]. The zero-order valence-corrected chi connectivity index (χ0v) is 11.7. The topological polar surface area (TPSA) is 104 Å². The molecule has 0 radical (unpaired) electrons. The molecular weight excluding hydrogens is 262 g/mol. The van der Waals surface area contributed by atoms with Gasteiger partial charge < -0.3 is 9.88 Å². The van der Waals surface area contributed by atoms with E-state index >= 15 is 0 Å². The molecule has 0 aliphatic rings. The quantitative estimate of drug-likeness (QED) is 0.625. The smallest absolute Gasteiger partial charge is 0.334 e. The number of aryl methyl sites for hydroxylation is 3. The third kappa shape index (κ3) is 2.60. The van der Waals surface area contributed by atoms with Gasteiger partial charge in [0.15, 0.2) is 5.82 Å². The normalized spacial score (nSPS) is 10.8. The van der Waals surface area contributed by atoms with Crippen molar-refractivity contribution in [2.75, 3.05) is 5.32 Å². The van der Waals surface area contributed by atoms with Crippen molar-refractivity contribution < 1.29 is 4.92 Å². The van der Waals surface area contributed by atoms with E-state index in [2.05, 4.69) is 20.6 Å². The minimum absolute atomic E-state index is 0.0384. The van der Waals surface area contributed by atoms with Crippen LogP contribution in [0.4, 0.5) is 11.5 Å². The number of anilines is 1. The van der Waals surface area contributed by atoms with Crippen LogP contribution in [0, 0.1) is 10.1 Å². The summed E-state index contributed by atoms with van der Waals surface area (Å²) in [6.45, 7) is 2.31. The van der Waals surface area contributed by atoms with E-state index in [0.717, 1.165) is 6.42 Å². The van der Waals surface area contributed by atoms with E-state index < -0.39 is 4.92 Å². The van der Waals surface area contributed by atoms with Gasteiger partial charge >= 0.3 is 5.69 Å². The van der Waals surface area contributed by atoms with E-state index in [0.29, 0.717) is 30.3 Å². The molecule has 1 N–H and O–H groups in total. The van der Waals surface area contributed by atoms with Gasteiger partial charge in [0.1, 0.15) is 12.0 Å². The summed E-state index contributed by atoms with van der Waals surface area (Å²) in [5.74, 6) is 1.08. The average molecular weight is 279 g/mol. The van der Waals surface area contributed by atoms with Gasteiger partial charge in [0.05, 0.1) is 11.5 Å². The zero-order valence-electron chi connectivity index (χ0n) is 11.7. The maximum absolute atomic E-state index is 11.2. The second-order valence-corrected chi connectivity index (χ2v) is 4.49. The third-order valence-electron chi connectivity index (χ3n) is 2.98. The first kappa shape index (κ1) is 14.0. The molecule has 0 saturated carbocycles. The number of nitro groups is 1. The molecule has 0 aliphatic carbocycles. The molecule has 0 aromatic carbocycles. The van der Waals surface area contributed by atoms with Crippen molar-refractivity contribution in [3.8, 4) is 0 Å². The largest absolute Gasteiger partial charge is 0.357 e. The molecule has 0 aliphatic heterocycles. The predicted octanol–water partition coefficient (Wildman–Crippen LogP) is 1.02. The van der Waals surface area contributed by atoms with Crippen LogP contribution in [0.2, 0.25) is 0 Å². The molecular formula is C11H17N7O2. The van der Waals surface area contributed by atoms with Gasteiger partial charge in [0, 0.05) is 14.1 Å². The Morgan fingerprint density at radius 1 is 1.45 bits per heavy atom. The van der Waals surface area contributed by atoms with Crippen LogP contribution in [-0.4, -0.2) is 29.5 Å². The third-order valence-corrected chi connectivity index (χ3v) is 2.98. The van der Waals surface area contributed by atoms with Gasteiger partial charge in [-0.25, -0.2) is 4.68 Å². The second kappa shape index (κ2) is 5.68. The van der Waals surface area contributed by atoms with Crippen LogP contribution in [0.1, 0.15) is 24.9 Å². The predicted molar refractivity (Wildman–Crippen MR) is 72.2 cm³/mol. The van der Waals surface area contributed by atoms with Crippen molar-refractivity contribution >= 4 is 11.5 Å². The van der Waals surface area contributed by atoms with Gasteiger partial charge in [-0.05, 0) is 6.42 Å². The lowest BCUT2D eigenvalue weighted by Gasteiger charge is -2.05. The van der Waals surface area contributed by atoms with Crippen LogP contribution in [0.5, 0.6) is 0 Å². The van der Waals surface area contributed by atoms with E-state index in [-0.39, 0.29) is 5.69 Å². The van der Waals surface area contributed by atoms with Crippen molar-refractivity contribution in [2.24, 2.45) is 14.1 Å². The van der Waals surface area contributed by atoms with Gasteiger partial charge in [-0.3, -0.25) is 10.1 Å². The van der Waals surface area contributed by atoms with Gasteiger partial charge in [-0.15, -0.1) is 10.2 Å². The second-order valence-electron chi connectivity index (χ2n) is 4.49. The van der Waals surface area contributed by atoms with Crippen molar-refractivity contribution in [3.63, 3.8) is 0 Å². The molecule has 0 fully saturated rings. The van der Waals surface area contributed by atoms with E-state index in [4.69, 9.17) is 0 Å². The Morgan fingerprint density at radius 3 is 2.75 bits per heavy atom. The first-order valence-corrected chi connectivity index (χ1v) is 6.31. The van der Waals surface area contributed by atoms with Crippen molar-refractivity contribution in [1.82, 2.24) is 24.5 Å². The Hall–Kier alpha value is -2.45. The molecule has 0 bridgehead atoms. The van der Waals surface area contributed by atoms with E-state index in [1.807, 2.05) is 14.0 Å². The molecule has 2 aromatic heterocycles. The van der Waals surface area contributed by atoms with Crippen molar-refractivity contribution in [2.45, 2.75) is 26.3 Å². The molecule has 108 valence electrons. The summed E-state index contributed by atoms with van der Waals surface area (Å²) in [5.41, 5.74) is 0.539. The number of aromatic nitrogens is 5. The molecule has 0 saturated heterocycles. The Labute approximate surface area is 115 Å². The lowest BCUT2D eigenvalue weighted by atomic mass is 10.2. The molecule has 0 amide bonds. The summed E-state index contributed by atoms with van der Waals surface area (Å²) < 4.78 is 3.25. The van der Waals surface area contributed by atoms with Crippen molar-refractivity contribution in [3.05, 3.63) is 28.0 Å². The van der Waals surface area contributed by atoms with Gasteiger partial charge in [0.2, 0.25) is 5.82 Å². The minimum Gasteiger partial charge on any atom is -0.357 e. The first-order chi connectivity index (χ1) is 9.54. The number of nitrogens with one attached hydrogen (secondary N) is 1. The molecule has 2 rings (SSSR count). The summed E-state index contributed by atoms with van der Waals surface area (Å²) in [6.07, 6.45) is 2.97. The van der Waals surface area contributed by atoms with Crippen LogP contribution in [0.25, 0.3) is 0 Å². The molecule has 0 atom stereocenters. The Morgan fingerprint density at radius 2 is 2.20 bits per heavy atom. The standard InChI is InChI=1S/C11H17N7O2/c1-4-5-8-10(18(19)20)11(17(3)15-8)12-6-9-14-13-7-16(9)2/h7,12H,4-6H2,1-3H3. The Balaban J connectivity index is 2.26. The molecule has 2 aromatic rings. The zero-order chi connectivity index (χ0) is 14.7. The number of rotatable bonds is 6. The monoisotopic (exact) mass is 279 g/mol. The average Bonchev–Trinajstić information content (AvgIpc) is 2.91. The van der Waals surface area contributed by atoms with Gasteiger partial charge in [-0.1, -0.05) is 13.3 Å². The van der Waals surface area contributed by atoms with Crippen LogP contribution < -0.4 is 5.32 Å². The molecule has 9 heteroatoms. The van der Waals surface area contributed by atoms with Crippen molar-refractivity contribution in [1.29, 1.82) is 0 Å². The highest BCUT2D eigenvalue weighted by Crippen LogP contribution is 2.29. The number of hydrogen-bond acceptors (Lipinski definition) is 6. The maximum Gasteiger partial charge on any atom is 0.334 e. The number of nitrogens with zero attached hydrogens (tertiary/aromatic N) is 6. The van der Waals surface area contributed by atoms with Crippen LogP contribution in [-0.2, 0) is 27.1 Å². The Bertz CT molecular complexity index is 616. The number of hydrogen-bond donors (Lipinski definition) is 1. The summed E-state index contributed by atoms with van der Waals surface area (Å²) >= 11 is 0. The summed E-state index contributed by atoms with van der Waals surface area (Å²) in [5, 5.41) is 26.2. The maximum atomic E-state index is 11.2. The fourth-order valence-corrected chi connectivity index (χ4v) is 1.99. The highest BCUT2D eigenvalue weighted by atomic mass is 16.6. The summed E-state index contributed by atoms with van der Waals surface area (Å²) in [7, 11) is 3.50. The fourth-order valence-electron chi connectivity index (χ4n) is 1.99. The molecule has 9 nitrogen and oxygen atoms in total. The summed E-state index contributed by atoms with van der Waals surface area (Å²) in [6, 6.07) is 0. The fraction of sp³-hybridized carbons (Fsp3) is 0.545. The van der Waals surface area contributed by atoms with Crippen LogP contribution >= 0.6 is 0 Å². The highest BCUT2D eigenvalue weighted by molar-refractivity contribution is 5.59.